The van der Waals surface area contributed by atoms with Crippen LogP contribution in [0, 0.1) is 5.92 Å². The van der Waals surface area contributed by atoms with Gasteiger partial charge in [-0.15, -0.1) is 0 Å². The normalized spacial score (nSPS) is 20.7. The van der Waals surface area contributed by atoms with Crippen LogP contribution < -0.4 is 20.9 Å². The number of ether oxygens (including phenoxy) is 1. The minimum absolute atomic E-state index is 0.123. The lowest BCUT2D eigenvalue weighted by molar-refractivity contribution is -0.139. The number of methoxy groups -OCH3 is 1. The molecular weight excluding hydrogens is 541 g/mol. The van der Waals surface area contributed by atoms with Gasteiger partial charge < -0.3 is 24.9 Å². The smallest absolute Gasteiger partial charge is 0.497 e. The van der Waals surface area contributed by atoms with Gasteiger partial charge in [-0.2, -0.15) is 9.97 Å². The van der Waals surface area contributed by atoms with Crippen molar-refractivity contribution in [2.24, 2.45) is 5.92 Å². The molecule has 1 aromatic carbocycles. The number of nitrogens with zero attached hydrogens (tertiary/aromatic N) is 5. The Hall–Kier alpha value is -3.71. The second-order valence-electron chi connectivity index (χ2n) is 9.68. The zero-order chi connectivity index (χ0) is 28.4. The van der Waals surface area contributed by atoms with Crippen LogP contribution in [-0.2, 0) is 23.2 Å². The molecule has 0 saturated heterocycles. The van der Waals surface area contributed by atoms with Gasteiger partial charge in [-0.05, 0) is 50.5 Å². The molecule has 0 radical (unpaired) electrons. The zero-order valence-electron chi connectivity index (χ0n) is 22.3. The maximum Gasteiger partial charge on any atom is 0.529 e. The van der Waals surface area contributed by atoms with Crippen molar-refractivity contribution in [1.29, 1.82) is 0 Å². The first-order chi connectivity index (χ1) is 19.2. The average Bonchev–Trinajstić information content (AvgIpc) is 3.44. The lowest BCUT2D eigenvalue weighted by Gasteiger charge is -2.27. The number of anilines is 3. The Morgan fingerprint density at radius 2 is 2.00 bits per heavy atom. The number of hydrogen-bond acceptors (Lipinski definition) is 12. The van der Waals surface area contributed by atoms with Crippen molar-refractivity contribution >= 4 is 42.4 Å². The summed E-state index contributed by atoms with van der Waals surface area (Å²) in [5.74, 6) is 0.191. The highest BCUT2D eigenvalue weighted by Gasteiger charge is 2.34. The summed E-state index contributed by atoms with van der Waals surface area (Å²) < 4.78 is 29.7. The summed E-state index contributed by atoms with van der Waals surface area (Å²) in [6, 6.07) is 5.96. The van der Waals surface area contributed by atoms with Crippen molar-refractivity contribution in [2.75, 3.05) is 36.9 Å². The minimum atomic E-state index is -4.70. The number of nitrogens with two attached hydrogens (primary N) is 1. The van der Waals surface area contributed by atoms with Crippen molar-refractivity contribution in [2.45, 2.75) is 44.3 Å². The Balaban J connectivity index is 1.17. The molecule has 0 amide bonds. The molecule has 0 aliphatic heterocycles. The Morgan fingerprint density at radius 1 is 1.25 bits per heavy atom. The van der Waals surface area contributed by atoms with Gasteiger partial charge in [0.05, 0.1) is 38.9 Å². The highest BCUT2D eigenvalue weighted by Crippen LogP contribution is 2.45. The number of rotatable bonds is 12. The van der Waals surface area contributed by atoms with Crippen LogP contribution in [-0.4, -0.2) is 63.3 Å². The van der Waals surface area contributed by atoms with E-state index < -0.39 is 19.8 Å². The lowest BCUT2D eigenvalue weighted by atomic mass is 10.1. The number of carbonyl (C=O) groups excluding carboxylic acids is 1. The molecule has 1 saturated carbocycles. The summed E-state index contributed by atoms with van der Waals surface area (Å²) in [5, 5.41) is 4.59. The SMILES string of the molecule is COc1ccc(N(OC)[C@@H](C)C(=O)OP(=O)(O)OC[C@@H]2C=C[C@H](n3cnc4c(NC5CC5)nc(N)nc43)C2)cc1. The first-order valence-corrected chi connectivity index (χ1v) is 14.3. The lowest BCUT2D eigenvalue weighted by Crippen LogP contribution is -2.39. The van der Waals surface area contributed by atoms with Crippen molar-refractivity contribution in [3.63, 3.8) is 0 Å². The first kappa shape index (κ1) is 27.8. The third-order valence-electron chi connectivity index (χ3n) is 6.74. The minimum Gasteiger partial charge on any atom is -0.497 e. The summed E-state index contributed by atoms with van der Waals surface area (Å²) >= 11 is 0. The van der Waals surface area contributed by atoms with E-state index in [1.54, 1.807) is 30.6 Å². The topological polar surface area (TPSA) is 176 Å². The average molecular weight is 574 g/mol. The van der Waals surface area contributed by atoms with E-state index in [2.05, 4.69) is 20.3 Å². The van der Waals surface area contributed by atoms with Crippen LogP contribution in [0.3, 0.4) is 0 Å². The molecule has 0 spiro atoms. The predicted molar refractivity (Wildman–Crippen MR) is 146 cm³/mol. The summed E-state index contributed by atoms with van der Waals surface area (Å²) in [7, 11) is -1.79. The molecular formula is C25H32N7O7P. The number of benzene rings is 1. The van der Waals surface area contributed by atoms with Crippen molar-refractivity contribution in [3.8, 4) is 5.75 Å². The summed E-state index contributed by atoms with van der Waals surface area (Å²) in [5.41, 5.74) is 7.71. The van der Waals surface area contributed by atoms with Crippen LogP contribution in [0.5, 0.6) is 5.75 Å². The number of aromatic nitrogens is 4. The second kappa shape index (κ2) is 11.4. The standard InChI is InChI=1S/C25H32N7O7P/c1-15(32(37-3)18-8-10-20(36-2)11-9-18)24(33)39-40(34,35)38-13-16-4-7-19(12-16)31-14-27-21-22(28-17-5-6-17)29-25(26)30-23(21)31/h4,7-11,14-17,19H,5-6,12-13H2,1-3H3,(H,34,35)(H3,26,28,29,30)/t15-,16+,19-/m0/s1. The van der Waals surface area contributed by atoms with Crippen LogP contribution in [0.4, 0.5) is 17.5 Å². The molecule has 3 aromatic rings. The monoisotopic (exact) mass is 573 g/mol. The van der Waals surface area contributed by atoms with Gasteiger partial charge in [0, 0.05) is 12.0 Å². The van der Waals surface area contributed by atoms with Crippen molar-refractivity contribution < 1.29 is 32.9 Å². The molecule has 2 heterocycles. The largest absolute Gasteiger partial charge is 0.529 e. The number of allylic oxidation sites excluding steroid dienone is 1. The molecule has 2 aliphatic carbocycles. The maximum atomic E-state index is 12.7. The van der Waals surface area contributed by atoms with Crippen LogP contribution in [0.2, 0.25) is 0 Å². The predicted octanol–water partition coefficient (Wildman–Crippen LogP) is 3.23. The fourth-order valence-electron chi connectivity index (χ4n) is 4.50. The molecule has 1 unspecified atom stereocenters. The third kappa shape index (κ3) is 6.20. The highest BCUT2D eigenvalue weighted by molar-refractivity contribution is 7.48. The molecule has 4 N–H and O–H groups in total. The number of fused-ring (bicyclic) bond motifs is 1. The number of carbonyl (C=O) groups is 1. The van der Waals surface area contributed by atoms with Gasteiger partial charge in [-0.1, -0.05) is 12.2 Å². The number of phosphoric ester groups is 1. The van der Waals surface area contributed by atoms with E-state index in [0.29, 0.717) is 40.9 Å². The number of hydroxylamine groups is 1. The van der Waals surface area contributed by atoms with Gasteiger partial charge in [-0.3, -0.25) is 14.3 Å². The Morgan fingerprint density at radius 3 is 2.67 bits per heavy atom. The molecule has 40 heavy (non-hydrogen) atoms. The van der Waals surface area contributed by atoms with Crippen LogP contribution in [0.25, 0.3) is 11.2 Å². The maximum absolute atomic E-state index is 12.7. The molecule has 1 fully saturated rings. The zero-order valence-corrected chi connectivity index (χ0v) is 23.2. The highest BCUT2D eigenvalue weighted by atomic mass is 31.2. The molecule has 15 heteroatoms. The number of hydrogen-bond donors (Lipinski definition) is 3. The quantitative estimate of drug-likeness (QED) is 0.164. The Kier molecular flexibility index (Phi) is 7.95. The first-order valence-electron chi connectivity index (χ1n) is 12.8. The van der Waals surface area contributed by atoms with Gasteiger partial charge in [0.1, 0.15) is 5.75 Å². The third-order valence-corrected chi connectivity index (χ3v) is 7.62. The van der Waals surface area contributed by atoms with Crippen LogP contribution in [0.15, 0.2) is 42.7 Å². The second-order valence-corrected chi connectivity index (χ2v) is 11.1. The fraction of sp³-hybridized carbons (Fsp3) is 0.440. The number of imidazole rings is 1. The van der Waals surface area contributed by atoms with Gasteiger partial charge in [0.25, 0.3) is 0 Å². The van der Waals surface area contributed by atoms with E-state index in [1.165, 1.54) is 26.2 Å². The molecule has 214 valence electrons. The Bertz CT molecular complexity index is 1440. The number of nitrogens with one attached hydrogen (secondary N) is 1. The number of nitrogen functional groups attached to an aromatic ring is 1. The molecule has 5 rings (SSSR count). The van der Waals surface area contributed by atoms with E-state index in [4.69, 9.17) is 24.4 Å². The van der Waals surface area contributed by atoms with Crippen molar-refractivity contribution in [3.05, 3.63) is 42.7 Å². The number of phosphoric acid groups is 1. The molecule has 0 bridgehead atoms. The molecule has 14 nitrogen and oxygen atoms in total. The molecule has 4 atom stereocenters. The van der Waals surface area contributed by atoms with Gasteiger partial charge in [-0.25, -0.2) is 19.4 Å². The molecule has 2 aliphatic rings. The van der Waals surface area contributed by atoms with E-state index in [0.717, 1.165) is 12.8 Å². The molecule has 2 aromatic heterocycles. The summed E-state index contributed by atoms with van der Waals surface area (Å²) in [4.78, 5) is 41.4. The van der Waals surface area contributed by atoms with E-state index >= 15 is 0 Å². The van der Waals surface area contributed by atoms with E-state index in [9.17, 15) is 14.3 Å². The van der Waals surface area contributed by atoms with E-state index in [1.807, 2.05) is 16.7 Å². The van der Waals surface area contributed by atoms with Crippen LogP contribution >= 0.6 is 7.82 Å². The summed E-state index contributed by atoms with van der Waals surface area (Å²) in [6.07, 6.45) is 8.22. The van der Waals surface area contributed by atoms with Crippen LogP contribution in [0.1, 0.15) is 32.2 Å². The van der Waals surface area contributed by atoms with Gasteiger partial charge in [0.2, 0.25) is 5.95 Å². The van der Waals surface area contributed by atoms with Gasteiger partial charge >= 0.3 is 13.8 Å². The Labute approximate surface area is 230 Å². The summed E-state index contributed by atoms with van der Waals surface area (Å²) in [6.45, 7) is 1.35. The fourth-order valence-corrected chi connectivity index (χ4v) is 5.31. The van der Waals surface area contributed by atoms with Crippen molar-refractivity contribution in [1.82, 2.24) is 19.5 Å². The van der Waals surface area contributed by atoms with E-state index in [-0.39, 0.29) is 24.5 Å². The van der Waals surface area contributed by atoms with Gasteiger partial charge in [0.15, 0.2) is 23.0 Å².